The van der Waals surface area contributed by atoms with Crippen molar-refractivity contribution < 1.29 is 14.3 Å². The number of ketones is 1. The van der Waals surface area contributed by atoms with E-state index in [0.29, 0.717) is 23.5 Å². The van der Waals surface area contributed by atoms with E-state index in [0.717, 1.165) is 0 Å². The number of hydrogen-bond donors (Lipinski definition) is 0. The maximum atomic E-state index is 11.9. The molecule has 3 heteroatoms. The molecule has 1 aromatic carbocycles. The second-order valence-corrected chi connectivity index (χ2v) is 5.36. The van der Waals surface area contributed by atoms with Crippen molar-refractivity contribution in [3.63, 3.8) is 0 Å². The SMILES string of the molecule is O=C(CC12C(=O)C=CC3C1C32)Oc1ccccc1. The lowest BCUT2D eigenvalue weighted by Gasteiger charge is -2.25. The van der Waals surface area contributed by atoms with Gasteiger partial charge in [0, 0.05) is 0 Å². The Bertz CT molecular complexity index is 563. The van der Waals surface area contributed by atoms with Crippen LogP contribution in [0.3, 0.4) is 0 Å². The molecule has 2 fully saturated rings. The molecule has 0 saturated heterocycles. The lowest BCUT2D eigenvalue weighted by Crippen LogP contribution is -2.33. The zero-order valence-electron chi connectivity index (χ0n) is 9.71. The van der Waals surface area contributed by atoms with Crippen LogP contribution >= 0.6 is 0 Å². The molecule has 0 N–H and O–H groups in total. The van der Waals surface area contributed by atoms with Gasteiger partial charge in [0.25, 0.3) is 0 Å². The minimum atomic E-state index is -0.384. The summed E-state index contributed by atoms with van der Waals surface area (Å²) in [7, 11) is 0. The van der Waals surface area contributed by atoms with Gasteiger partial charge in [0.05, 0.1) is 11.8 Å². The molecule has 0 spiro atoms. The summed E-state index contributed by atoms with van der Waals surface area (Å²) in [6.07, 6.45) is 3.86. The first-order chi connectivity index (χ1) is 8.73. The van der Waals surface area contributed by atoms with Crippen LogP contribution in [0.2, 0.25) is 0 Å². The topological polar surface area (TPSA) is 43.4 Å². The van der Waals surface area contributed by atoms with Crippen LogP contribution in [-0.2, 0) is 9.59 Å². The van der Waals surface area contributed by atoms with Crippen LogP contribution in [0.1, 0.15) is 6.42 Å². The van der Waals surface area contributed by atoms with Gasteiger partial charge in [-0.25, -0.2) is 0 Å². The van der Waals surface area contributed by atoms with E-state index in [9.17, 15) is 9.59 Å². The lowest BCUT2D eigenvalue weighted by molar-refractivity contribution is -0.140. The molecule has 2 saturated carbocycles. The van der Waals surface area contributed by atoms with E-state index < -0.39 is 0 Å². The largest absolute Gasteiger partial charge is 0.427 e. The third-order valence-corrected chi connectivity index (χ3v) is 4.50. The van der Waals surface area contributed by atoms with Crippen molar-refractivity contribution in [3.8, 4) is 5.75 Å². The van der Waals surface area contributed by atoms with Crippen LogP contribution in [0.5, 0.6) is 5.75 Å². The van der Waals surface area contributed by atoms with Crippen LogP contribution < -0.4 is 4.74 Å². The standard InChI is InChI=1S/C15H12O3/c16-11-7-6-10-13-14(10)15(11,13)8-12(17)18-9-4-2-1-3-5-9/h1-7,10,13-14H,8H2. The lowest BCUT2D eigenvalue weighted by atomic mass is 9.77. The smallest absolute Gasteiger partial charge is 0.312 e. The van der Waals surface area contributed by atoms with E-state index in [2.05, 4.69) is 0 Å². The van der Waals surface area contributed by atoms with Crippen molar-refractivity contribution >= 4 is 11.8 Å². The number of ether oxygens (including phenoxy) is 1. The highest BCUT2D eigenvalue weighted by Gasteiger charge is 2.86. The van der Waals surface area contributed by atoms with Crippen LogP contribution in [0, 0.1) is 23.2 Å². The fourth-order valence-corrected chi connectivity index (χ4v) is 3.54. The van der Waals surface area contributed by atoms with Gasteiger partial charge in [0.15, 0.2) is 5.78 Å². The van der Waals surface area contributed by atoms with Crippen molar-refractivity contribution in [2.24, 2.45) is 23.2 Å². The number of para-hydroxylation sites is 1. The summed E-state index contributed by atoms with van der Waals surface area (Å²) in [4.78, 5) is 23.7. The molecule has 0 radical (unpaired) electrons. The summed E-state index contributed by atoms with van der Waals surface area (Å²) >= 11 is 0. The molecule has 2 atom stereocenters. The predicted molar refractivity (Wildman–Crippen MR) is 63.7 cm³/mol. The van der Waals surface area contributed by atoms with Gasteiger partial charge in [-0.3, -0.25) is 9.59 Å². The predicted octanol–water partition coefficient (Wildman–Crippen LogP) is 1.98. The maximum Gasteiger partial charge on any atom is 0.312 e. The van der Waals surface area contributed by atoms with Crippen molar-refractivity contribution in [3.05, 3.63) is 42.5 Å². The van der Waals surface area contributed by atoms with Crippen LogP contribution in [0.25, 0.3) is 0 Å². The van der Waals surface area contributed by atoms with E-state index in [1.54, 1.807) is 18.2 Å². The molecule has 2 unspecified atom stereocenters. The van der Waals surface area contributed by atoms with Gasteiger partial charge in [-0.15, -0.1) is 0 Å². The molecule has 4 rings (SSSR count). The Balaban J connectivity index is 1.46. The first kappa shape index (κ1) is 10.1. The molecular formula is C15H12O3. The molecular weight excluding hydrogens is 228 g/mol. The molecule has 0 aliphatic heterocycles. The number of rotatable bonds is 3. The van der Waals surface area contributed by atoms with Gasteiger partial charge in [0.1, 0.15) is 5.75 Å². The number of carbonyl (C=O) groups excluding carboxylic acids is 2. The van der Waals surface area contributed by atoms with Crippen LogP contribution in [-0.4, -0.2) is 11.8 Å². The van der Waals surface area contributed by atoms with Gasteiger partial charge in [0.2, 0.25) is 0 Å². The van der Waals surface area contributed by atoms with Gasteiger partial charge in [-0.1, -0.05) is 24.3 Å². The molecule has 90 valence electrons. The van der Waals surface area contributed by atoms with Crippen LogP contribution in [0.4, 0.5) is 0 Å². The first-order valence-electron chi connectivity index (χ1n) is 6.22. The summed E-state index contributed by atoms with van der Waals surface area (Å²) in [6, 6.07) is 9.00. The molecule has 3 nitrogen and oxygen atoms in total. The van der Waals surface area contributed by atoms with E-state index in [1.165, 1.54) is 0 Å². The highest BCUT2D eigenvalue weighted by molar-refractivity contribution is 6.04. The number of carbonyl (C=O) groups is 2. The minimum Gasteiger partial charge on any atom is -0.427 e. The molecule has 0 aromatic heterocycles. The summed E-state index contributed by atoms with van der Waals surface area (Å²) < 4.78 is 5.25. The van der Waals surface area contributed by atoms with E-state index in [1.807, 2.05) is 24.3 Å². The third kappa shape index (κ3) is 1.14. The zero-order chi connectivity index (χ0) is 12.3. The number of hydrogen-bond acceptors (Lipinski definition) is 3. The minimum absolute atomic E-state index is 0.116. The molecule has 0 bridgehead atoms. The third-order valence-electron chi connectivity index (χ3n) is 4.50. The molecule has 1 aromatic rings. The molecule has 3 aliphatic rings. The Morgan fingerprint density at radius 1 is 1.22 bits per heavy atom. The summed E-state index contributed by atoms with van der Waals surface area (Å²) in [5.74, 6) is 1.79. The van der Waals surface area contributed by atoms with Crippen molar-refractivity contribution in [1.29, 1.82) is 0 Å². The molecule has 0 amide bonds. The fourth-order valence-electron chi connectivity index (χ4n) is 3.54. The molecule has 3 aliphatic carbocycles. The van der Waals surface area contributed by atoms with E-state index >= 15 is 0 Å². The van der Waals surface area contributed by atoms with E-state index in [-0.39, 0.29) is 23.6 Å². The highest BCUT2D eigenvalue weighted by atomic mass is 16.5. The van der Waals surface area contributed by atoms with Gasteiger partial charge >= 0.3 is 5.97 Å². The van der Waals surface area contributed by atoms with Gasteiger partial charge < -0.3 is 4.74 Å². The summed E-state index contributed by atoms with van der Waals surface area (Å²) in [6.45, 7) is 0. The Labute approximate surface area is 104 Å². The Morgan fingerprint density at radius 2 is 1.94 bits per heavy atom. The van der Waals surface area contributed by atoms with Crippen LogP contribution in [0.15, 0.2) is 42.5 Å². The van der Waals surface area contributed by atoms with Gasteiger partial charge in [-0.05, 0) is 36.0 Å². The zero-order valence-corrected chi connectivity index (χ0v) is 9.71. The first-order valence-corrected chi connectivity index (χ1v) is 6.22. The van der Waals surface area contributed by atoms with E-state index in [4.69, 9.17) is 4.74 Å². The second-order valence-electron chi connectivity index (χ2n) is 5.36. The normalized spacial score (nSPS) is 38.0. The fraction of sp³-hybridized carbons (Fsp3) is 0.333. The Hall–Kier alpha value is -1.90. The van der Waals surface area contributed by atoms with Crippen molar-refractivity contribution in [2.45, 2.75) is 6.42 Å². The number of allylic oxidation sites excluding steroid dienone is 2. The summed E-state index contributed by atoms with van der Waals surface area (Å²) in [5, 5.41) is 0. The molecule has 0 heterocycles. The number of esters is 1. The van der Waals surface area contributed by atoms with Crippen molar-refractivity contribution in [2.75, 3.05) is 0 Å². The summed E-state index contributed by atoms with van der Waals surface area (Å²) in [5.41, 5.74) is -0.384. The Kier molecular flexibility index (Phi) is 1.74. The quantitative estimate of drug-likeness (QED) is 0.599. The monoisotopic (exact) mass is 240 g/mol. The second kappa shape index (κ2) is 3.10. The molecule has 18 heavy (non-hydrogen) atoms. The average Bonchev–Trinajstić information content (AvgIpc) is 3.23. The number of benzene rings is 1. The van der Waals surface area contributed by atoms with Gasteiger partial charge in [-0.2, -0.15) is 0 Å². The highest BCUT2D eigenvalue weighted by Crippen LogP contribution is 2.85. The Morgan fingerprint density at radius 3 is 2.61 bits per heavy atom. The van der Waals surface area contributed by atoms with Crippen molar-refractivity contribution in [1.82, 2.24) is 0 Å². The maximum absolute atomic E-state index is 11.9. The number of fused-ring (bicyclic) bond motifs is 2. The average molecular weight is 240 g/mol.